The molecule has 11 heteroatoms. The molecule has 1 atom stereocenters. The second-order valence-electron chi connectivity index (χ2n) is 10.8. The van der Waals surface area contributed by atoms with Gasteiger partial charge in [-0.25, -0.2) is 9.18 Å². The number of carbonyl (C=O) groups is 2. The van der Waals surface area contributed by atoms with Gasteiger partial charge in [-0.3, -0.25) is 4.79 Å². The molecule has 0 radical (unpaired) electrons. The summed E-state index contributed by atoms with van der Waals surface area (Å²) in [5.41, 5.74) is 0.877. The van der Waals surface area contributed by atoms with Crippen LogP contribution in [0.1, 0.15) is 38.3 Å². The molecule has 0 fully saturated rings. The summed E-state index contributed by atoms with van der Waals surface area (Å²) in [6.07, 6.45) is -4.13. The number of hydrogen-bond acceptors (Lipinski definition) is 5. The SMILES string of the molecule is C=C(CC(NCc1cccc(CNC(=O)OC(C)(C)C)c1)C(=O)Nc1ccc(-c2ccccc2SC)cc1F)C(F)(F)F. The molecule has 0 aliphatic heterocycles. The Bertz CT molecular complexity index is 1450. The van der Waals surface area contributed by atoms with Gasteiger partial charge in [-0.05, 0) is 67.5 Å². The van der Waals surface area contributed by atoms with E-state index in [4.69, 9.17) is 4.74 Å². The van der Waals surface area contributed by atoms with Gasteiger partial charge in [0, 0.05) is 30.0 Å². The van der Waals surface area contributed by atoms with E-state index in [0.29, 0.717) is 11.1 Å². The number of anilines is 1. The summed E-state index contributed by atoms with van der Waals surface area (Å²) in [5.74, 6) is -1.57. The zero-order valence-electron chi connectivity index (χ0n) is 24.4. The summed E-state index contributed by atoms with van der Waals surface area (Å²) in [6, 6.07) is 17.4. The average Bonchev–Trinajstić information content (AvgIpc) is 2.93. The van der Waals surface area contributed by atoms with Crippen LogP contribution in [0.15, 0.2) is 83.8 Å². The zero-order valence-corrected chi connectivity index (χ0v) is 25.2. The molecule has 0 aliphatic carbocycles. The Kier molecular flexibility index (Phi) is 11.4. The first-order valence-corrected chi connectivity index (χ1v) is 14.7. The van der Waals surface area contributed by atoms with E-state index in [1.807, 2.05) is 30.5 Å². The van der Waals surface area contributed by atoms with Crippen molar-refractivity contribution in [2.75, 3.05) is 11.6 Å². The first-order valence-electron chi connectivity index (χ1n) is 13.4. The van der Waals surface area contributed by atoms with Crippen molar-refractivity contribution in [2.45, 2.75) is 63.0 Å². The van der Waals surface area contributed by atoms with Crippen LogP contribution in [0.25, 0.3) is 11.1 Å². The summed E-state index contributed by atoms with van der Waals surface area (Å²) in [7, 11) is 0. The number of carbonyl (C=O) groups excluding carboxylic acids is 2. The fraction of sp³-hybridized carbons (Fsp3) is 0.312. The van der Waals surface area contributed by atoms with E-state index >= 15 is 4.39 Å². The Labute approximate surface area is 253 Å². The molecule has 2 amide bonds. The molecular weight excluding hydrogens is 582 g/mol. The molecule has 43 heavy (non-hydrogen) atoms. The van der Waals surface area contributed by atoms with Gasteiger partial charge in [-0.2, -0.15) is 13.2 Å². The zero-order chi connectivity index (χ0) is 31.8. The van der Waals surface area contributed by atoms with E-state index in [0.717, 1.165) is 16.0 Å². The minimum atomic E-state index is -4.70. The highest BCUT2D eigenvalue weighted by molar-refractivity contribution is 7.98. The Morgan fingerprint density at radius 2 is 1.63 bits per heavy atom. The average molecular weight is 618 g/mol. The molecule has 0 spiro atoms. The fourth-order valence-electron chi connectivity index (χ4n) is 4.09. The van der Waals surface area contributed by atoms with Crippen LogP contribution in [0.5, 0.6) is 0 Å². The van der Waals surface area contributed by atoms with E-state index < -0.39 is 47.6 Å². The van der Waals surface area contributed by atoms with Crippen molar-refractivity contribution in [3.05, 3.63) is 95.8 Å². The number of amides is 2. The van der Waals surface area contributed by atoms with Crippen LogP contribution in [-0.4, -0.2) is 36.1 Å². The van der Waals surface area contributed by atoms with Crippen molar-refractivity contribution < 1.29 is 31.9 Å². The van der Waals surface area contributed by atoms with Crippen LogP contribution in [0.4, 0.5) is 28.0 Å². The predicted octanol–water partition coefficient (Wildman–Crippen LogP) is 7.84. The molecule has 3 N–H and O–H groups in total. The molecule has 6 nitrogen and oxygen atoms in total. The van der Waals surface area contributed by atoms with Crippen LogP contribution in [-0.2, 0) is 22.6 Å². The number of benzene rings is 3. The lowest BCUT2D eigenvalue weighted by molar-refractivity contribution is -0.119. The molecule has 0 heterocycles. The van der Waals surface area contributed by atoms with Gasteiger partial charge in [0.2, 0.25) is 5.91 Å². The number of alkyl halides is 3. The van der Waals surface area contributed by atoms with Gasteiger partial charge in [-0.15, -0.1) is 11.8 Å². The predicted molar refractivity (Wildman–Crippen MR) is 162 cm³/mol. The second kappa shape index (κ2) is 14.6. The number of rotatable bonds is 11. The third-order valence-electron chi connectivity index (χ3n) is 6.19. The lowest BCUT2D eigenvalue weighted by Crippen LogP contribution is -2.41. The van der Waals surface area contributed by atoms with Crippen LogP contribution < -0.4 is 16.0 Å². The van der Waals surface area contributed by atoms with Crippen LogP contribution in [0, 0.1) is 5.82 Å². The normalized spacial score (nSPS) is 12.4. The maximum absolute atomic E-state index is 15.1. The van der Waals surface area contributed by atoms with Crippen LogP contribution in [0.3, 0.4) is 0 Å². The van der Waals surface area contributed by atoms with E-state index in [-0.39, 0.29) is 18.8 Å². The second-order valence-corrected chi connectivity index (χ2v) is 11.6. The van der Waals surface area contributed by atoms with Crippen molar-refractivity contribution in [1.82, 2.24) is 10.6 Å². The van der Waals surface area contributed by atoms with Gasteiger partial charge in [0.15, 0.2) is 0 Å². The topological polar surface area (TPSA) is 79.5 Å². The summed E-state index contributed by atoms with van der Waals surface area (Å²) < 4.78 is 60.3. The standard InChI is InChI=1S/C32H35F4N3O3S/c1-20(32(34,35)36)15-27(37-18-21-9-8-10-22(16-21)19-38-30(41)42-31(2,3)4)29(40)39-26-14-13-23(17-25(26)33)24-11-6-7-12-28(24)43-5/h6-14,16-17,27,37H,1,15,18-19H2,2-5H3,(H,38,41)(H,39,40). The Balaban J connectivity index is 1.73. The smallest absolute Gasteiger partial charge is 0.412 e. The first kappa shape index (κ1) is 33.7. The van der Waals surface area contributed by atoms with Crippen molar-refractivity contribution in [3.63, 3.8) is 0 Å². The summed E-state index contributed by atoms with van der Waals surface area (Å²) in [6.45, 7) is 8.51. The van der Waals surface area contributed by atoms with Gasteiger partial charge in [-0.1, -0.05) is 55.1 Å². The first-order chi connectivity index (χ1) is 20.2. The van der Waals surface area contributed by atoms with Gasteiger partial charge in [0.1, 0.15) is 11.4 Å². The maximum Gasteiger partial charge on any atom is 0.412 e. The molecule has 230 valence electrons. The van der Waals surface area contributed by atoms with E-state index in [2.05, 4.69) is 22.5 Å². The van der Waals surface area contributed by atoms with Gasteiger partial charge in [0.25, 0.3) is 0 Å². The Hall–Kier alpha value is -3.83. The molecule has 3 aromatic rings. The van der Waals surface area contributed by atoms with Gasteiger partial charge >= 0.3 is 12.3 Å². The number of alkyl carbamates (subject to hydrolysis) is 1. The minimum Gasteiger partial charge on any atom is -0.444 e. The molecule has 0 bridgehead atoms. The lowest BCUT2D eigenvalue weighted by atomic mass is 10.0. The number of halogens is 4. The number of hydrogen-bond donors (Lipinski definition) is 3. The highest BCUT2D eigenvalue weighted by Crippen LogP contribution is 2.32. The highest BCUT2D eigenvalue weighted by Gasteiger charge is 2.35. The van der Waals surface area contributed by atoms with Crippen molar-refractivity contribution in [3.8, 4) is 11.1 Å². The van der Waals surface area contributed by atoms with Gasteiger partial charge < -0.3 is 20.7 Å². The summed E-state index contributed by atoms with van der Waals surface area (Å²) in [4.78, 5) is 26.1. The molecule has 0 aromatic heterocycles. The Morgan fingerprint density at radius 1 is 0.953 bits per heavy atom. The molecule has 0 aliphatic rings. The third-order valence-corrected chi connectivity index (χ3v) is 6.99. The van der Waals surface area contributed by atoms with Gasteiger partial charge in [0.05, 0.1) is 11.7 Å². The fourth-order valence-corrected chi connectivity index (χ4v) is 4.71. The van der Waals surface area contributed by atoms with Crippen LogP contribution in [0.2, 0.25) is 0 Å². The number of thioether (sulfide) groups is 1. The molecule has 3 rings (SSSR count). The van der Waals surface area contributed by atoms with Crippen molar-refractivity contribution >= 4 is 29.4 Å². The van der Waals surface area contributed by atoms with Crippen molar-refractivity contribution in [2.24, 2.45) is 0 Å². The summed E-state index contributed by atoms with van der Waals surface area (Å²) >= 11 is 1.51. The van der Waals surface area contributed by atoms with Crippen molar-refractivity contribution in [1.29, 1.82) is 0 Å². The van der Waals surface area contributed by atoms with E-state index in [9.17, 15) is 22.8 Å². The number of nitrogens with one attached hydrogen (secondary N) is 3. The minimum absolute atomic E-state index is 0.0242. The molecule has 1 unspecified atom stereocenters. The monoisotopic (exact) mass is 617 g/mol. The van der Waals surface area contributed by atoms with E-state index in [1.54, 1.807) is 51.1 Å². The highest BCUT2D eigenvalue weighted by atomic mass is 32.2. The largest absolute Gasteiger partial charge is 0.444 e. The number of ether oxygens (including phenoxy) is 1. The lowest BCUT2D eigenvalue weighted by Gasteiger charge is -2.21. The molecule has 0 saturated carbocycles. The third kappa shape index (κ3) is 10.4. The Morgan fingerprint density at radius 3 is 2.26 bits per heavy atom. The van der Waals surface area contributed by atoms with Crippen LogP contribution >= 0.6 is 11.8 Å². The maximum atomic E-state index is 15.1. The van der Waals surface area contributed by atoms with E-state index in [1.165, 1.54) is 23.9 Å². The summed E-state index contributed by atoms with van der Waals surface area (Å²) in [5, 5.41) is 7.91. The molecular formula is C32H35F4N3O3S. The quantitative estimate of drug-likeness (QED) is 0.116. The molecule has 0 saturated heterocycles. The molecule has 3 aromatic carbocycles.